The highest BCUT2D eigenvalue weighted by Crippen LogP contribution is 2.39. The number of fused-ring (bicyclic) bond motifs is 2. The Morgan fingerprint density at radius 1 is 1.04 bits per heavy atom. The number of aryl methyl sites for hydroxylation is 1. The van der Waals surface area contributed by atoms with Gasteiger partial charge in [-0.05, 0) is 29.1 Å². The molecule has 4 aromatic rings. The number of hydrogen-bond acceptors (Lipinski definition) is 3. The van der Waals surface area contributed by atoms with Crippen molar-refractivity contribution in [1.29, 1.82) is 5.26 Å². The quantitative estimate of drug-likeness (QED) is 0.523. The van der Waals surface area contributed by atoms with Crippen molar-refractivity contribution in [3.8, 4) is 17.2 Å². The van der Waals surface area contributed by atoms with Gasteiger partial charge in [-0.2, -0.15) is 5.26 Å². The van der Waals surface area contributed by atoms with Gasteiger partial charge in [-0.1, -0.05) is 30.3 Å². The highest BCUT2D eigenvalue weighted by molar-refractivity contribution is 7.80. The Bertz CT molecular complexity index is 1100. The van der Waals surface area contributed by atoms with Crippen LogP contribution >= 0.6 is 12.6 Å². The molecule has 3 nitrogen and oxygen atoms in total. The van der Waals surface area contributed by atoms with E-state index in [1.54, 1.807) is 6.20 Å². The summed E-state index contributed by atoms with van der Waals surface area (Å²) < 4.78 is 2.04. The molecular weight excluding hydrogens is 302 g/mol. The first-order chi connectivity index (χ1) is 11.2. The summed E-state index contributed by atoms with van der Waals surface area (Å²) in [5, 5.41) is 12.2. The minimum absolute atomic E-state index is 0.679. The molecule has 0 aliphatic rings. The van der Waals surface area contributed by atoms with Crippen molar-refractivity contribution in [2.24, 2.45) is 7.05 Å². The molecule has 2 aromatic heterocycles. The van der Waals surface area contributed by atoms with Crippen molar-refractivity contribution in [2.45, 2.75) is 5.03 Å². The molecule has 0 saturated heterocycles. The van der Waals surface area contributed by atoms with Crippen LogP contribution in [0, 0.1) is 11.3 Å². The molecule has 2 aromatic carbocycles. The first-order valence-corrected chi connectivity index (χ1v) is 7.71. The Balaban J connectivity index is 2.17. The maximum absolute atomic E-state index is 9.35. The van der Waals surface area contributed by atoms with E-state index in [0.29, 0.717) is 5.56 Å². The third-order valence-electron chi connectivity index (χ3n) is 4.24. The lowest BCUT2D eigenvalue weighted by molar-refractivity contribution is 0.868. The second-order valence-electron chi connectivity index (χ2n) is 5.45. The topological polar surface area (TPSA) is 41.6 Å². The van der Waals surface area contributed by atoms with E-state index in [2.05, 4.69) is 11.1 Å². The Labute approximate surface area is 139 Å². The van der Waals surface area contributed by atoms with Crippen LogP contribution in [0.1, 0.15) is 5.56 Å². The fourth-order valence-corrected chi connectivity index (χ4v) is 3.44. The van der Waals surface area contributed by atoms with Crippen molar-refractivity contribution >= 4 is 34.4 Å². The second-order valence-corrected chi connectivity index (χ2v) is 5.87. The molecule has 0 amide bonds. The Morgan fingerprint density at radius 3 is 2.61 bits per heavy atom. The van der Waals surface area contributed by atoms with Gasteiger partial charge in [0.15, 0.2) is 0 Å². The molecule has 0 N–H and O–H groups in total. The Kier molecular flexibility index (Phi) is 3.10. The van der Waals surface area contributed by atoms with Gasteiger partial charge in [-0.15, -0.1) is 12.6 Å². The summed E-state index contributed by atoms with van der Waals surface area (Å²) in [5.74, 6) is 0. The smallest absolute Gasteiger partial charge is 0.0998 e. The maximum atomic E-state index is 9.35. The first kappa shape index (κ1) is 13.9. The van der Waals surface area contributed by atoms with Gasteiger partial charge in [-0.25, -0.2) is 0 Å². The molecule has 23 heavy (non-hydrogen) atoms. The van der Waals surface area contributed by atoms with Crippen LogP contribution in [0.25, 0.3) is 32.9 Å². The fraction of sp³-hybridized carbons (Fsp3) is 0.0526. The summed E-state index contributed by atoms with van der Waals surface area (Å²) in [7, 11) is 1.99. The van der Waals surface area contributed by atoms with Gasteiger partial charge < -0.3 is 4.57 Å². The van der Waals surface area contributed by atoms with E-state index in [4.69, 9.17) is 12.6 Å². The first-order valence-electron chi connectivity index (χ1n) is 7.27. The standard InChI is InChI=1S/C19H13N3S/c1-22-16-7-4-10-21-18(16)17(19(22)23)15-9-8-12(11-20)13-5-2-3-6-14(13)15/h2-10,23H,1H3. The summed E-state index contributed by atoms with van der Waals surface area (Å²) in [5.41, 5.74) is 4.70. The molecule has 4 heteroatoms. The Morgan fingerprint density at radius 2 is 1.83 bits per heavy atom. The van der Waals surface area contributed by atoms with Crippen molar-refractivity contribution in [3.63, 3.8) is 0 Å². The van der Waals surface area contributed by atoms with Crippen LogP contribution in [0.3, 0.4) is 0 Å². The summed E-state index contributed by atoms with van der Waals surface area (Å²) >= 11 is 4.71. The predicted molar refractivity (Wildman–Crippen MR) is 95.6 cm³/mol. The normalized spacial score (nSPS) is 11.0. The fourth-order valence-electron chi connectivity index (χ4n) is 3.11. The molecule has 0 atom stereocenters. The number of nitrogens with zero attached hydrogens (tertiary/aromatic N) is 3. The average Bonchev–Trinajstić information content (AvgIpc) is 2.85. The number of hydrogen-bond donors (Lipinski definition) is 1. The van der Waals surface area contributed by atoms with E-state index in [1.165, 1.54) is 0 Å². The van der Waals surface area contributed by atoms with E-state index in [-0.39, 0.29) is 0 Å². The maximum Gasteiger partial charge on any atom is 0.0998 e. The van der Waals surface area contributed by atoms with E-state index in [9.17, 15) is 5.26 Å². The van der Waals surface area contributed by atoms with Gasteiger partial charge in [0.05, 0.1) is 27.7 Å². The number of pyridine rings is 1. The zero-order chi connectivity index (χ0) is 16.0. The monoisotopic (exact) mass is 315 g/mol. The third-order valence-corrected chi connectivity index (χ3v) is 4.76. The summed E-state index contributed by atoms with van der Waals surface area (Å²) in [6, 6.07) is 18.1. The molecule has 110 valence electrons. The van der Waals surface area contributed by atoms with Gasteiger partial charge in [0.1, 0.15) is 0 Å². The highest BCUT2D eigenvalue weighted by atomic mass is 32.1. The molecule has 0 radical (unpaired) electrons. The molecule has 0 fully saturated rings. The summed E-state index contributed by atoms with van der Waals surface area (Å²) in [6.45, 7) is 0. The molecular formula is C19H13N3S. The minimum atomic E-state index is 0.679. The molecule has 0 aliphatic carbocycles. The van der Waals surface area contributed by atoms with E-state index in [1.807, 2.05) is 60.1 Å². The van der Waals surface area contributed by atoms with Crippen LogP contribution in [0.5, 0.6) is 0 Å². The van der Waals surface area contributed by atoms with Crippen LogP contribution in [0.4, 0.5) is 0 Å². The van der Waals surface area contributed by atoms with Crippen LogP contribution in [-0.4, -0.2) is 9.55 Å². The zero-order valence-corrected chi connectivity index (χ0v) is 13.4. The van der Waals surface area contributed by atoms with E-state index < -0.39 is 0 Å². The lowest BCUT2D eigenvalue weighted by Gasteiger charge is -2.08. The predicted octanol–water partition coefficient (Wildman–Crippen LogP) is 4.55. The largest absolute Gasteiger partial charge is 0.337 e. The molecule has 0 aliphatic heterocycles. The number of nitriles is 1. The minimum Gasteiger partial charge on any atom is -0.337 e. The summed E-state index contributed by atoms with van der Waals surface area (Å²) in [6.07, 6.45) is 1.80. The number of rotatable bonds is 1. The van der Waals surface area contributed by atoms with Gasteiger partial charge in [0, 0.05) is 24.2 Å². The van der Waals surface area contributed by atoms with Gasteiger partial charge in [0.2, 0.25) is 0 Å². The second kappa shape index (κ2) is 5.15. The SMILES string of the molecule is Cn1c(S)c(-c2ccc(C#N)c3ccccc23)c2ncccc21. The lowest BCUT2D eigenvalue weighted by atomic mass is 9.96. The molecule has 0 bridgehead atoms. The number of aromatic nitrogens is 2. The third kappa shape index (κ3) is 1.94. The van der Waals surface area contributed by atoms with Crippen molar-refractivity contribution in [2.75, 3.05) is 0 Å². The summed E-state index contributed by atoms with van der Waals surface area (Å²) in [4.78, 5) is 4.55. The van der Waals surface area contributed by atoms with Gasteiger partial charge >= 0.3 is 0 Å². The average molecular weight is 315 g/mol. The number of thiol groups is 1. The molecule has 0 saturated carbocycles. The Hall–Kier alpha value is -2.77. The van der Waals surface area contributed by atoms with Crippen molar-refractivity contribution in [1.82, 2.24) is 9.55 Å². The highest BCUT2D eigenvalue weighted by Gasteiger charge is 2.18. The molecule has 0 unspecified atom stereocenters. The van der Waals surface area contributed by atoms with E-state index >= 15 is 0 Å². The lowest BCUT2D eigenvalue weighted by Crippen LogP contribution is -1.88. The van der Waals surface area contributed by atoms with Crippen LogP contribution in [-0.2, 0) is 7.05 Å². The van der Waals surface area contributed by atoms with Crippen LogP contribution in [0.2, 0.25) is 0 Å². The molecule has 4 rings (SSSR count). The number of benzene rings is 2. The zero-order valence-electron chi connectivity index (χ0n) is 12.5. The molecule has 2 heterocycles. The van der Waals surface area contributed by atoms with Crippen molar-refractivity contribution < 1.29 is 0 Å². The van der Waals surface area contributed by atoms with E-state index in [0.717, 1.165) is 38.0 Å². The van der Waals surface area contributed by atoms with Gasteiger partial charge in [-0.3, -0.25) is 4.98 Å². The van der Waals surface area contributed by atoms with Gasteiger partial charge in [0.25, 0.3) is 0 Å². The van der Waals surface area contributed by atoms with Crippen LogP contribution < -0.4 is 0 Å². The van der Waals surface area contributed by atoms with Crippen molar-refractivity contribution in [3.05, 3.63) is 60.3 Å². The molecule has 0 spiro atoms. The van der Waals surface area contributed by atoms with Crippen LogP contribution in [0.15, 0.2) is 59.8 Å².